The Morgan fingerprint density at radius 2 is 2.36 bits per heavy atom. The Labute approximate surface area is 133 Å². The van der Waals surface area contributed by atoms with Gasteiger partial charge in [-0.05, 0) is 12.5 Å². The van der Waals surface area contributed by atoms with Crippen LogP contribution in [-0.2, 0) is 16.0 Å². The third-order valence-electron chi connectivity index (χ3n) is 3.70. The van der Waals surface area contributed by atoms with E-state index in [1.54, 1.807) is 16.6 Å². The van der Waals surface area contributed by atoms with Crippen LogP contribution in [0.5, 0.6) is 0 Å². The number of hydrogen-bond donors (Lipinski definition) is 1. The van der Waals surface area contributed by atoms with E-state index in [2.05, 4.69) is 10.3 Å². The van der Waals surface area contributed by atoms with Crippen molar-refractivity contribution in [2.75, 3.05) is 13.1 Å². The minimum atomic E-state index is -0.547. The second-order valence-electron chi connectivity index (χ2n) is 5.34. The summed E-state index contributed by atoms with van der Waals surface area (Å²) in [5, 5.41) is 2.85. The predicted molar refractivity (Wildman–Crippen MR) is 84.5 cm³/mol. The topological polar surface area (TPSA) is 62.3 Å². The molecule has 1 aromatic heterocycles. The van der Waals surface area contributed by atoms with Crippen LogP contribution in [0.4, 0.5) is 0 Å². The summed E-state index contributed by atoms with van der Waals surface area (Å²) in [6.45, 7) is 3.01. The highest BCUT2D eigenvalue weighted by molar-refractivity contribution is 7.09. The fourth-order valence-corrected chi connectivity index (χ4v) is 3.27. The summed E-state index contributed by atoms with van der Waals surface area (Å²) in [5.41, 5.74) is 3.64. The largest absolute Gasteiger partial charge is 0.352 e. The Balaban J connectivity index is 1.86. The van der Waals surface area contributed by atoms with Gasteiger partial charge in [0.05, 0.1) is 11.9 Å². The highest BCUT2D eigenvalue weighted by Gasteiger charge is 2.34. The van der Waals surface area contributed by atoms with E-state index >= 15 is 0 Å². The maximum absolute atomic E-state index is 12.6. The molecule has 114 valence electrons. The van der Waals surface area contributed by atoms with Crippen molar-refractivity contribution in [2.45, 2.75) is 19.4 Å². The van der Waals surface area contributed by atoms with Crippen LogP contribution < -0.4 is 5.32 Å². The molecular formula is C16H17N3O2S. The van der Waals surface area contributed by atoms with Gasteiger partial charge < -0.3 is 10.2 Å². The Bertz CT molecular complexity index is 684. The van der Waals surface area contributed by atoms with Gasteiger partial charge in [0.15, 0.2) is 0 Å². The number of carbonyl (C=O) groups is 2. The lowest BCUT2D eigenvalue weighted by atomic mass is 10.00. The van der Waals surface area contributed by atoms with Crippen LogP contribution in [0.1, 0.15) is 22.0 Å². The number of benzene rings is 1. The molecule has 2 amide bonds. The number of nitrogens with zero attached hydrogens (tertiary/aromatic N) is 2. The molecule has 0 spiro atoms. The van der Waals surface area contributed by atoms with Gasteiger partial charge in [-0.1, -0.05) is 29.8 Å². The summed E-state index contributed by atoms with van der Waals surface area (Å²) < 4.78 is 0. The number of hydrogen-bond acceptors (Lipinski definition) is 4. The molecular weight excluding hydrogens is 298 g/mol. The third kappa shape index (κ3) is 3.01. The van der Waals surface area contributed by atoms with Gasteiger partial charge >= 0.3 is 0 Å². The van der Waals surface area contributed by atoms with E-state index < -0.39 is 6.04 Å². The molecule has 3 rings (SSSR count). The zero-order valence-electron chi connectivity index (χ0n) is 12.3. The lowest BCUT2D eigenvalue weighted by molar-refractivity contribution is -0.143. The van der Waals surface area contributed by atoms with Crippen molar-refractivity contribution >= 4 is 23.2 Å². The number of rotatable bonds is 3. The zero-order chi connectivity index (χ0) is 15.5. The molecule has 0 bridgehead atoms. The Hall–Kier alpha value is -2.21. The first-order valence-electron chi connectivity index (χ1n) is 7.16. The molecule has 0 radical (unpaired) electrons. The number of piperazine rings is 1. The lowest BCUT2D eigenvalue weighted by Crippen LogP contribution is -2.52. The van der Waals surface area contributed by atoms with Crippen molar-refractivity contribution in [3.63, 3.8) is 0 Å². The summed E-state index contributed by atoms with van der Waals surface area (Å²) >= 11 is 1.46. The SMILES string of the molecule is Cc1cccc(C2C(=O)NCCN2C(=O)Cc2cncs2)c1. The maximum Gasteiger partial charge on any atom is 0.247 e. The number of carbonyl (C=O) groups excluding carboxylic acids is 2. The number of amides is 2. The molecule has 1 fully saturated rings. The lowest BCUT2D eigenvalue weighted by Gasteiger charge is -2.35. The van der Waals surface area contributed by atoms with Crippen molar-refractivity contribution in [1.82, 2.24) is 15.2 Å². The average Bonchev–Trinajstić information content (AvgIpc) is 2.99. The number of aryl methyl sites for hydroxylation is 1. The van der Waals surface area contributed by atoms with E-state index in [4.69, 9.17) is 0 Å². The first-order valence-corrected chi connectivity index (χ1v) is 8.04. The third-order valence-corrected chi connectivity index (χ3v) is 4.48. The van der Waals surface area contributed by atoms with Gasteiger partial charge in [-0.3, -0.25) is 14.6 Å². The smallest absolute Gasteiger partial charge is 0.247 e. The zero-order valence-corrected chi connectivity index (χ0v) is 13.1. The first kappa shape index (κ1) is 14.7. The predicted octanol–water partition coefficient (Wildman–Crippen LogP) is 1.69. The molecule has 22 heavy (non-hydrogen) atoms. The van der Waals surface area contributed by atoms with E-state index in [0.29, 0.717) is 19.5 Å². The molecule has 1 saturated heterocycles. The number of thiazole rings is 1. The molecule has 1 aromatic carbocycles. The van der Waals surface area contributed by atoms with Crippen LogP contribution in [0.15, 0.2) is 36.0 Å². The van der Waals surface area contributed by atoms with Crippen molar-refractivity contribution in [1.29, 1.82) is 0 Å². The standard InChI is InChI=1S/C16H17N3O2S/c1-11-3-2-4-12(7-11)15-16(21)18-5-6-19(15)14(20)8-13-9-17-10-22-13/h2-4,7,9-10,15H,5-6,8H2,1H3,(H,18,21). The number of aromatic nitrogens is 1. The fourth-order valence-electron chi connectivity index (χ4n) is 2.69. The maximum atomic E-state index is 12.6. The van der Waals surface area contributed by atoms with Crippen molar-refractivity contribution in [2.24, 2.45) is 0 Å². The molecule has 0 saturated carbocycles. The molecule has 1 unspecified atom stereocenters. The van der Waals surface area contributed by atoms with Gasteiger partial charge in [0.25, 0.3) is 0 Å². The first-order chi connectivity index (χ1) is 10.6. The van der Waals surface area contributed by atoms with Gasteiger partial charge in [0.2, 0.25) is 11.8 Å². The van der Waals surface area contributed by atoms with Gasteiger partial charge in [-0.25, -0.2) is 0 Å². The van der Waals surface area contributed by atoms with Crippen molar-refractivity contribution in [3.8, 4) is 0 Å². The van der Waals surface area contributed by atoms with Crippen LogP contribution in [0.3, 0.4) is 0 Å². The van der Waals surface area contributed by atoms with Crippen LogP contribution >= 0.6 is 11.3 Å². The molecule has 2 heterocycles. The van der Waals surface area contributed by atoms with E-state index in [9.17, 15) is 9.59 Å². The quantitative estimate of drug-likeness (QED) is 0.937. The van der Waals surface area contributed by atoms with Crippen LogP contribution in [0, 0.1) is 6.92 Å². The highest BCUT2D eigenvalue weighted by atomic mass is 32.1. The molecule has 1 aliphatic rings. The van der Waals surface area contributed by atoms with E-state index in [-0.39, 0.29) is 11.8 Å². The van der Waals surface area contributed by atoms with Gasteiger partial charge in [0, 0.05) is 24.2 Å². The minimum Gasteiger partial charge on any atom is -0.352 e. The molecule has 0 aliphatic carbocycles. The fraction of sp³-hybridized carbons (Fsp3) is 0.312. The molecule has 1 atom stereocenters. The van der Waals surface area contributed by atoms with Crippen molar-refractivity contribution < 1.29 is 9.59 Å². The summed E-state index contributed by atoms with van der Waals surface area (Å²) in [7, 11) is 0. The molecule has 1 N–H and O–H groups in total. The highest BCUT2D eigenvalue weighted by Crippen LogP contribution is 2.25. The van der Waals surface area contributed by atoms with Crippen molar-refractivity contribution in [3.05, 3.63) is 52.0 Å². The summed E-state index contributed by atoms with van der Waals surface area (Å²) in [5.74, 6) is -0.153. The molecule has 2 aromatic rings. The average molecular weight is 315 g/mol. The summed E-state index contributed by atoms with van der Waals surface area (Å²) in [4.78, 5) is 31.5. The van der Waals surface area contributed by atoms with Gasteiger partial charge in [0.1, 0.15) is 6.04 Å². The van der Waals surface area contributed by atoms with E-state index in [1.807, 2.05) is 31.2 Å². The monoisotopic (exact) mass is 315 g/mol. The normalized spacial score (nSPS) is 18.1. The Morgan fingerprint density at radius 1 is 1.50 bits per heavy atom. The number of nitrogens with one attached hydrogen (secondary N) is 1. The van der Waals surface area contributed by atoms with Crippen LogP contribution in [0.25, 0.3) is 0 Å². The summed E-state index contributed by atoms with van der Waals surface area (Å²) in [6.07, 6.45) is 1.99. The van der Waals surface area contributed by atoms with E-state index in [0.717, 1.165) is 16.0 Å². The second kappa shape index (κ2) is 6.27. The Morgan fingerprint density at radius 3 is 3.09 bits per heavy atom. The van der Waals surface area contributed by atoms with Crippen LogP contribution in [0.2, 0.25) is 0 Å². The minimum absolute atomic E-state index is 0.0365. The molecule has 1 aliphatic heterocycles. The van der Waals surface area contributed by atoms with E-state index in [1.165, 1.54) is 11.3 Å². The molecule has 6 heteroatoms. The van der Waals surface area contributed by atoms with Crippen LogP contribution in [-0.4, -0.2) is 34.8 Å². The summed E-state index contributed by atoms with van der Waals surface area (Å²) in [6, 6.07) is 7.21. The van der Waals surface area contributed by atoms with Gasteiger partial charge in [-0.15, -0.1) is 11.3 Å². The second-order valence-corrected chi connectivity index (χ2v) is 6.31. The Kier molecular flexibility index (Phi) is 4.20. The van der Waals surface area contributed by atoms with Gasteiger partial charge in [-0.2, -0.15) is 0 Å². The molecule has 5 nitrogen and oxygen atoms in total.